The van der Waals surface area contributed by atoms with Gasteiger partial charge in [0, 0.05) is 5.56 Å². The molecule has 0 saturated carbocycles. The van der Waals surface area contributed by atoms with Gasteiger partial charge in [-0.1, -0.05) is 29.8 Å². The maximum absolute atomic E-state index is 11.5. The highest BCUT2D eigenvalue weighted by molar-refractivity contribution is 5.92. The number of nitrogens with zero attached hydrogens (tertiary/aromatic N) is 2. The second kappa shape index (κ2) is 4.83. The van der Waals surface area contributed by atoms with Gasteiger partial charge in [-0.05, 0) is 6.92 Å². The number of carbonyl (C=O) groups excluding carboxylic acids is 1. The first-order valence-corrected chi connectivity index (χ1v) is 5.39. The fraction of sp³-hybridized carbons (Fsp3) is 0.154. The van der Waals surface area contributed by atoms with Crippen LogP contribution in [0.4, 0.5) is 5.82 Å². The van der Waals surface area contributed by atoms with Gasteiger partial charge in [0.05, 0.1) is 19.0 Å². The zero-order valence-electron chi connectivity index (χ0n) is 10.2. The highest BCUT2D eigenvalue weighted by Crippen LogP contribution is 2.19. The molecular weight excluding hydrogens is 230 g/mol. The van der Waals surface area contributed by atoms with Crippen LogP contribution in [0, 0.1) is 6.92 Å². The fourth-order valence-electron chi connectivity index (χ4n) is 1.51. The Bertz CT molecular complexity index is 579. The molecule has 5 nitrogen and oxygen atoms in total. The minimum absolute atomic E-state index is 0.0376. The molecule has 1 aromatic heterocycles. The molecule has 0 bridgehead atoms. The van der Waals surface area contributed by atoms with Gasteiger partial charge in [0.2, 0.25) is 0 Å². The molecule has 92 valence electrons. The number of aryl methyl sites for hydroxylation is 1. The van der Waals surface area contributed by atoms with Crippen LogP contribution in [0.3, 0.4) is 0 Å². The van der Waals surface area contributed by atoms with E-state index >= 15 is 0 Å². The van der Waals surface area contributed by atoms with E-state index < -0.39 is 5.97 Å². The van der Waals surface area contributed by atoms with Crippen LogP contribution in [0.2, 0.25) is 0 Å². The first kappa shape index (κ1) is 12.0. The standard InChI is InChI=1S/C13H13N3O2/c1-8-3-5-9(6-4-8)10-7-15-12(14)11(16-10)13(17)18-2/h3-7H,1-2H3,(H2,14,15). The number of nitrogens with two attached hydrogens (primary N) is 1. The molecule has 0 aliphatic rings. The summed E-state index contributed by atoms with van der Waals surface area (Å²) in [7, 11) is 1.28. The molecule has 0 spiro atoms. The number of nitrogen functional groups attached to an aromatic ring is 1. The van der Waals surface area contributed by atoms with Gasteiger partial charge in [-0.2, -0.15) is 0 Å². The van der Waals surface area contributed by atoms with E-state index in [0.29, 0.717) is 5.69 Å². The quantitative estimate of drug-likeness (QED) is 0.814. The third-order valence-electron chi connectivity index (χ3n) is 2.53. The molecule has 0 radical (unpaired) electrons. The van der Waals surface area contributed by atoms with Gasteiger partial charge in [-0.15, -0.1) is 0 Å². The molecule has 5 heteroatoms. The molecule has 1 heterocycles. The van der Waals surface area contributed by atoms with Gasteiger partial charge < -0.3 is 10.5 Å². The van der Waals surface area contributed by atoms with Crippen LogP contribution in [0.5, 0.6) is 0 Å². The highest BCUT2D eigenvalue weighted by atomic mass is 16.5. The van der Waals surface area contributed by atoms with Crippen LogP contribution in [0.25, 0.3) is 11.3 Å². The van der Waals surface area contributed by atoms with Crippen molar-refractivity contribution in [2.75, 3.05) is 12.8 Å². The molecule has 0 amide bonds. The zero-order valence-corrected chi connectivity index (χ0v) is 10.2. The lowest BCUT2D eigenvalue weighted by Crippen LogP contribution is -2.10. The van der Waals surface area contributed by atoms with E-state index in [0.717, 1.165) is 11.1 Å². The Morgan fingerprint density at radius 3 is 2.56 bits per heavy atom. The van der Waals surface area contributed by atoms with Crippen LogP contribution in [-0.4, -0.2) is 23.0 Å². The Balaban J connectivity index is 2.46. The minimum Gasteiger partial charge on any atom is -0.464 e. The Morgan fingerprint density at radius 2 is 1.94 bits per heavy atom. The third-order valence-corrected chi connectivity index (χ3v) is 2.53. The smallest absolute Gasteiger partial charge is 0.360 e. The summed E-state index contributed by atoms with van der Waals surface area (Å²) < 4.78 is 4.61. The Labute approximate surface area is 105 Å². The number of carbonyl (C=O) groups is 1. The predicted octanol–water partition coefficient (Wildman–Crippen LogP) is 1.82. The van der Waals surface area contributed by atoms with E-state index in [1.807, 2.05) is 31.2 Å². The second-order valence-corrected chi connectivity index (χ2v) is 3.85. The van der Waals surface area contributed by atoms with E-state index in [1.165, 1.54) is 13.3 Å². The number of anilines is 1. The number of rotatable bonds is 2. The summed E-state index contributed by atoms with van der Waals surface area (Å²) in [6, 6.07) is 7.75. The molecular formula is C13H13N3O2. The summed E-state index contributed by atoms with van der Waals surface area (Å²) in [6.45, 7) is 2.00. The van der Waals surface area contributed by atoms with Crippen molar-refractivity contribution in [3.05, 3.63) is 41.7 Å². The molecule has 2 aromatic rings. The SMILES string of the molecule is COC(=O)c1nc(-c2ccc(C)cc2)cnc1N. The van der Waals surface area contributed by atoms with Crippen molar-refractivity contribution in [3.63, 3.8) is 0 Å². The van der Waals surface area contributed by atoms with Gasteiger partial charge in [-0.3, -0.25) is 0 Å². The average molecular weight is 243 g/mol. The Kier molecular flexibility index (Phi) is 3.23. The maximum atomic E-state index is 11.5. The number of hydrogen-bond donors (Lipinski definition) is 1. The number of esters is 1. The van der Waals surface area contributed by atoms with Crippen molar-refractivity contribution in [1.29, 1.82) is 0 Å². The largest absolute Gasteiger partial charge is 0.464 e. The molecule has 2 N–H and O–H groups in total. The van der Waals surface area contributed by atoms with Crippen molar-refractivity contribution in [3.8, 4) is 11.3 Å². The van der Waals surface area contributed by atoms with Gasteiger partial charge in [0.25, 0.3) is 0 Å². The number of ether oxygens (including phenoxy) is 1. The molecule has 0 fully saturated rings. The van der Waals surface area contributed by atoms with Crippen molar-refractivity contribution < 1.29 is 9.53 Å². The lowest BCUT2D eigenvalue weighted by molar-refractivity contribution is 0.0595. The normalized spacial score (nSPS) is 10.1. The molecule has 0 saturated heterocycles. The number of methoxy groups -OCH3 is 1. The maximum Gasteiger partial charge on any atom is 0.360 e. The van der Waals surface area contributed by atoms with Crippen LogP contribution in [0.1, 0.15) is 16.1 Å². The lowest BCUT2D eigenvalue weighted by Gasteiger charge is -2.05. The second-order valence-electron chi connectivity index (χ2n) is 3.85. The predicted molar refractivity (Wildman–Crippen MR) is 68.0 cm³/mol. The van der Waals surface area contributed by atoms with Crippen LogP contribution in [0.15, 0.2) is 30.5 Å². The molecule has 0 aliphatic heterocycles. The average Bonchev–Trinajstić information content (AvgIpc) is 2.39. The molecule has 0 unspecified atom stereocenters. The van der Waals surface area contributed by atoms with Gasteiger partial charge in [-0.25, -0.2) is 14.8 Å². The van der Waals surface area contributed by atoms with Crippen molar-refractivity contribution in [2.24, 2.45) is 0 Å². The molecule has 18 heavy (non-hydrogen) atoms. The number of aromatic nitrogens is 2. The summed E-state index contributed by atoms with van der Waals surface area (Å²) in [6.07, 6.45) is 1.53. The highest BCUT2D eigenvalue weighted by Gasteiger charge is 2.14. The number of hydrogen-bond acceptors (Lipinski definition) is 5. The zero-order chi connectivity index (χ0) is 13.1. The first-order chi connectivity index (χ1) is 8.61. The van der Waals surface area contributed by atoms with Crippen molar-refractivity contribution >= 4 is 11.8 Å². The summed E-state index contributed by atoms with van der Waals surface area (Å²) in [5, 5.41) is 0. The van der Waals surface area contributed by atoms with Gasteiger partial charge in [0.15, 0.2) is 11.5 Å². The lowest BCUT2D eigenvalue weighted by atomic mass is 10.1. The molecule has 1 aromatic carbocycles. The summed E-state index contributed by atoms with van der Waals surface area (Å²) in [5.74, 6) is -0.522. The van der Waals surface area contributed by atoms with E-state index in [4.69, 9.17) is 5.73 Å². The third kappa shape index (κ3) is 2.29. The molecule has 2 rings (SSSR count). The van der Waals surface area contributed by atoms with E-state index in [1.54, 1.807) is 0 Å². The van der Waals surface area contributed by atoms with Crippen molar-refractivity contribution in [2.45, 2.75) is 6.92 Å². The summed E-state index contributed by atoms with van der Waals surface area (Å²) >= 11 is 0. The van der Waals surface area contributed by atoms with Crippen LogP contribution < -0.4 is 5.73 Å². The summed E-state index contributed by atoms with van der Waals surface area (Å²) in [4.78, 5) is 19.6. The monoisotopic (exact) mass is 243 g/mol. The van der Waals surface area contributed by atoms with Gasteiger partial charge in [0.1, 0.15) is 0 Å². The van der Waals surface area contributed by atoms with E-state index in [2.05, 4.69) is 14.7 Å². The minimum atomic E-state index is -0.589. The Morgan fingerprint density at radius 1 is 1.28 bits per heavy atom. The fourth-order valence-corrected chi connectivity index (χ4v) is 1.51. The van der Waals surface area contributed by atoms with Crippen LogP contribution in [-0.2, 0) is 4.74 Å². The van der Waals surface area contributed by atoms with E-state index in [9.17, 15) is 4.79 Å². The summed E-state index contributed by atoms with van der Waals surface area (Å²) in [5.41, 5.74) is 8.24. The number of benzene rings is 1. The van der Waals surface area contributed by atoms with E-state index in [-0.39, 0.29) is 11.5 Å². The molecule has 0 atom stereocenters. The topological polar surface area (TPSA) is 78.1 Å². The van der Waals surface area contributed by atoms with Crippen LogP contribution >= 0.6 is 0 Å². The first-order valence-electron chi connectivity index (χ1n) is 5.39. The molecule has 0 aliphatic carbocycles. The van der Waals surface area contributed by atoms with Gasteiger partial charge >= 0.3 is 5.97 Å². The Hall–Kier alpha value is -2.43. The van der Waals surface area contributed by atoms with Crippen molar-refractivity contribution in [1.82, 2.24) is 9.97 Å².